The van der Waals surface area contributed by atoms with Crippen molar-refractivity contribution in [3.8, 4) is 0 Å². The highest BCUT2D eigenvalue weighted by atomic mass is 35.5. The molecule has 0 amide bonds. The van der Waals surface area contributed by atoms with Gasteiger partial charge in [0, 0.05) is 19.8 Å². The summed E-state index contributed by atoms with van der Waals surface area (Å²) in [7, 11) is 6.90. The number of nitrogens with zero attached hydrogens (tertiary/aromatic N) is 1. The average molecular weight is 783 g/mol. The van der Waals surface area contributed by atoms with Crippen molar-refractivity contribution in [1.82, 2.24) is 0 Å². The van der Waals surface area contributed by atoms with Crippen molar-refractivity contribution in [2.75, 3.05) is 60.8 Å². The lowest BCUT2D eigenvalue weighted by Gasteiger charge is -2.45. The van der Waals surface area contributed by atoms with E-state index in [0.717, 1.165) is 43.6 Å². The second-order valence-corrected chi connectivity index (χ2v) is 17.0. The number of likely N-dealkylation sites (N-methyl/N-ethyl adjacent to an activating group) is 1. The predicted octanol–water partition coefficient (Wildman–Crippen LogP) is 11.9. The van der Waals surface area contributed by atoms with Crippen molar-refractivity contribution in [2.24, 2.45) is 0 Å². The molecule has 0 fully saturated rings. The number of quaternary nitrogens is 1. The summed E-state index contributed by atoms with van der Waals surface area (Å²) in [5.41, 5.74) is -0.195. The Labute approximate surface area is 346 Å². The Morgan fingerprint density at radius 2 is 0.556 bits per heavy atom. The van der Waals surface area contributed by atoms with E-state index < -0.39 is 0 Å². The molecule has 0 atom stereocenters. The van der Waals surface area contributed by atoms with Crippen LogP contribution in [0.5, 0.6) is 0 Å². The van der Waals surface area contributed by atoms with E-state index in [0.29, 0.717) is 19.8 Å². The van der Waals surface area contributed by atoms with Gasteiger partial charge in [-0.1, -0.05) is 173 Å². The minimum Gasteiger partial charge on any atom is -1.00 e. The van der Waals surface area contributed by atoms with Gasteiger partial charge in [0.2, 0.25) is 0 Å². The van der Waals surface area contributed by atoms with Crippen LogP contribution in [0, 0.1) is 0 Å². The number of ether oxygens (including phenoxy) is 3. The maximum atomic E-state index is 6.46. The number of halogens is 1. The SMILES string of the molecule is CCCC/C=C\CCCCCCCCOCC(COCCCCCCCC/C=C\CCCC)(COCCCCCCCC/C=C\CCCC)[N+](C)(C)C.[Cl-]. The Hall–Kier alpha value is -0.650. The topological polar surface area (TPSA) is 27.7 Å². The molecule has 0 aromatic heterocycles. The molecule has 0 aromatic carbocycles. The van der Waals surface area contributed by atoms with Gasteiger partial charge in [-0.15, -0.1) is 0 Å². The van der Waals surface area contributed by atoms with Crippen molar-refractivity contribution in [1.29, 1.82) is 0 Å². The van der Waals surface area contributed by atoms with Crippen molar-refractivity contribution in [3.05, 3.63) is 36.5 Å². The zero-order valence-corrected chi connectivity index (χ0v) is 38.2. The van der Waals surface area contributed by atoms with E-state index in [4.69, 9.17) is 14.2 Å². The zero-order chi connectivity index (χ0) is 38.8. The first-order valence-electron chi connectivity index (χ1n) is 23.4. The van der Waals surface area contributed by atoms with Crippen LogP contribution in [0.15, 0.2) is 36.5 Å². The van der Waals surface area contributed by atoms with Crippen LogP contribution in [0.4, 0.5) is 0 Å². The summed E-state index contributed by atoms with van der Waals surface area (Å²) in [6.07, 6.45) is 53.0. The molecule has 5 heteroatoms. The summed E-state index contributed by atoms with van der Waals surface area (Å²) in [6, 6.07) is 0. The van der Waals surface area contributed by atoms with Gasteiger partial charge < -0.3 is 31.1 Å². The van der Waals surface area contributed by atoms with Crippen LogP contribution in [0.25, 0.3) is 0 Å². The maximum absolute atomic E-state index is 6.46. The largest absolute Gasteiger partial charge is 1.00 e. The second-order valence-electron chi connectivity index (χ2n) is 17.0. The third kappa shape index (κ3) is 37.0. The van der Waals surface area contributed by atoms with Crippen molar-refractivity contribution in [2.45, 2.75) is 219 Å². The normalized spacial score (nSPS) is 12.6. The number of unbranched alkanes of at least 4 members (excludes halogenated alkanes) is 24. The lowest BCUT2D eigenvalue weighted by molar-refractivity contribution is -0.926. The van der Waals surface area contributed by atoms with E-state index in [-0.39, 0.29) is 17.9 Å². The molecule has 0 aliphatic carbocycles. The van der Waals surface area contributed by atoms with Crippen molar-refractivity contribution >= 4 is 0 Å². The van der Waals surface area contributed by atoms with E-state index in [9.17, 15) is 0 Å². The van der Waals surface area contributed by atoms with Gasteiger partial charge >= 0.3 is 0 Å². The number of rotatable bonds is 43. The molecule has 54 heavy (non-hydrogen) atoms. The molecule has 0 aliphatic heterocycles. The number of hydrogen-bond acceptors (Lipinski definition) is 3. The average Bonchev–Trinajstić information content (AvgIpc) is 3.14. The van der Waals surface area contributed by atoms with E-state index in [1.807, 2.05) is 0 Å². The quantitative estimate of drug-likeness (QED) is 0.0350. The molecule has 0 unspecified atom stereocenters. The summed E-state index contributed by atoms with van der Waals surface area (Å²) in [5, 5.41) is 0. The van der Waals surface area contributed by atoms with Gasteiger partial charge in [-0.2, -0.15) is 0 Å². The van der Waals surface area contributed by atoms with Gasteiger partial charge in [-0.25, -0.2) is 0 Å². The van der Waals surface area contributed by atoms with E-state index in [2.05, 4.69) is 78.4 Å². The molecule has 0 bridgehead atoms. The van der Waals surface area contributed by atoms with E-state index >= 15 is 0 Å². The molecule has 0 heterocycles. The van der Waals surface area contributed by atoms with Gasteiger partial charge in [0.05, 0.1) is 21.1 Å². The van der Waals surface area contributed by atoms with E-state index in [1.54, 1.807) is 0 Å². The van der Waals surface area contributed by atoms with Gasteiger partial charge in [0.15, 0.2) is 5.54 Å². The minimum absolute atomic E-state index is 0. The lowest BCUT2D eigenvalue weighted by atomic mass is 9.98. The molecule has 4 nitrogen and oxygen atoms in total. The van der Waals surface area contributed by atoms with Crippen LogP contribution >= 0.6 is 0 Å². The molecular formula is C49H96ClNO3. The number of allylic oxidation sites excluding steroid dienone is 6. The molecule has 0 saturated carbocycles. The third-order valence-corrected chi connectivity index (χ3v) is 10.9. The van der Waals surface area contributed by atoms with Gasteiger partial charge in [0.25, 0.3) is 0 Å². The number of hydrogen-bond donors (Lipinski definition) is 0. The van der Waals surface area contributed by atoms with Crippen LogP contribution in [-0.4, -0.2) is 70.8 Å². The minimum atomic E-state index is -0.195. The molecule has 0 radical (unpaired) electrons. The van der Waals surface area contributed by atoms with Crippen LogP contribution in [0.2, 0.25) is 0 Å². The standard InChI is InChI=1S/C49H96NO3.ClH/c1-7-10-13-16-19-22-25-28-31-34-37-40-43-51-46-49(50(4,5)6,47-52-44-41-38-35-32-29-26-23-20-17-14-11-8-2)48-53-45-42-39-36-33-30-27-24-21-18-15-12-9-3;/h16-21H,7-15,22-48H2,1-6H3;1H/q+1;/p-1/b19-16-,20-17-,21-18-;. The Morgan fingerprint density at radius 1 is 0.333 bits per heavy atom. The zero-order valence-electron chi connectivity index (χ0n) is 37.5. The van der Waals surface area contributed by atoms with Crippen molar-refractivity contribution < 1.29 is 31.1 Å². The molecule has 0 aliphatic rings. The van der Waals surface area contributed by atoms with Crippen LogP contribution in [-0.2, 0) is 14.2 Å². The first kappa shape index (κ1) is 55.4. The smallest absolute Gasteiger partial charge is 0.169 e. The monoisotopic (exact) mass is 782 g/mol. The van der Waals surface area contributed by atoms with Crippen LogP contribution < -0.4 is 12.4 Å². The molecular weight excluding hydrogens is 686 g/mol. The van der Waals surface area contributed by atoms with Crippen LogP contribution in [0.1, 0.15) is 213 Å². The molecule has 0 spiro atoms. The first-order valence-corrected chi connectivity index (χ1v) is 23.4. The summed E-state index contributed by atoms with van der Waals surface area (Å²) in [5.74, 6) is 0. The predicted molar refractivity (Wildman–Crippen MR) is 236 cm³/mol. The highest BCUT2D eigenvalue weighted by Crippen LogP contribution is 2.23. The lowest BCUT2D eigenvalue weighted by Crippen LogP contribution is -3.00. The Morgan fingerprint density at radius 3 is 0.796 bits per heavy atom. The third-order valence-electron chi connectivity index (χ3n) is 10.9. The maximum Gasteiger partial charge on any atom is 0.169 e. The first-order chi connectivity index (χ1) is 25.9. The van der Waals surface area contributed by atoms with Gasteiger partial charge in [-0.05, 0) is 77.0 Å². The highest BCUT2D eigenvalue weighted by molar-refractivity contribution is 4.83. The van der Waals surface area contributed by atoms with Crippen LogP contribution in [0.3, 0.4) is 0 Å². The fraction of sp³-hybridized carbons (Fsp3) is 0.878. The molecule has 0 saturated heterocycles. The summed E-state index contributed by atoms with van der Waals surface area (Å²) >= 11 is 0. The Bertz CT molecular complexity index is 712. The summed E-state index contributed by atoms with van der Waals surface area (Å²) < 4.78 is 20.2. The molecule has 322 valence electrons. The van der Waals surface area contributed by atoms with Gasteiger partial charge in [0.1, 0.15) is 19.8 Å². The molecule has 0 aromatic rings. The fourth-order valence-corrected chi connectivity index (χ4v) is 6.69. The summed E-state index contributed by atoms with van der Waals surface area (Å²) in [4.78, 5) is 0. The van der Waals surface area contributed by atoms with Gasteiger partial charge in [-0.3, -0.25) is 0 Å². The highest BCUT2D eigenvalue weighted by Gasteiger charge is 2.44. The fourth-order valence-electron chi connectivity index (χ4n) is 6.69. The van der Waals surface area contributed by atoms with Crippen molar-refractivity contribution in [3.63, 3.8) is 0 Å². The second kappa shape index (κ2) is 43.5. The Kier molecular flexibility index (Phi) is 44.6. The molecule has 0 rings (SSSR count). The summed E-state index contributed by atoms with van der Waals surface area (Å²) in [6.45, 7) is 11.4. The Balaban J connectivity index is 0. The van der Waals surface area contributed by atoms with E-state index in [1.165, 1.54) is 173 Å². The molecule has 0 N–H and O–H groups in total.